The van der Waals surface area contributed by atoms with E-state index in [9.17, 15) is 4.79 Å². The second-order valence-electron chi connectivity index (χ2n) is 4.79. The van der Waals surface area contributed by atoms with Gasteiger partial charge in [0, 0.05) is 12.5 Å². The average molecular weight is 265 g/mol. The molecule has 1 unspecified atom stereocenters. The van der Waals surface area contributed by atoms with Gasteiger partial charge in [-0.2, -0.15) is 0 Å². The van der Waals surface area contributed by atoms with Gasteiger partial charge in [0.25, 0.3) is 0 Å². The zero-order valence-electron chi connectivity index (χ0n) is 11.0. The molecule has 2 rings (SSSR count). The Morgan fingerprint density at radius 3 is 2.58 bits per heavy atom. The molecule has 1 atom stereocenters. The number of ether oxygens (including phenoxy) is 2. The van der Waals surface area contributed by atoms with Crippen LogP contribution in [0.15, 0.2) is 12.1 Å². The molecule has 19 heavy (non-hydrogen) atoms. The molecule has 104 valence electrons. The van der Waals surface area contributed by atoms with Crippen LogP contribution in [0.5, 0.6) is 11.5 Å². The average Bonchev–Trinajstić information content (AvgIpc) is 2.72. The molecule has 5 nitrogen and oxygen atoms in total. The summed E-state index contributed by atoms with van der Waals surface area (Å²) in [6, 6.07) is 4.10. The van der Waals surface area contributed by atoms with E-state index >= 15 is 0 Å². The van der Waals surface area contributed by atoms with Crippen LogP contribution in [-0.4, -0.2) is 30.8 Å². The Hall–Kier alpha value is -1.75. The van der Waals surface area contributed by atoms with Crippen LogP contribution in [0.4, 0.5) is 0 Å². The quantitative estimate of drug-likeness (QED) is 0.759. The largest absolute Gasteiger partial charge is 0.493 e. The van der Waals surface area contributed by atoms with Crippen molar-refractivity contribution in [2.45, 2.75) is 31.7 Å². The highest BCUT2D eigenvalue weighted by molar-refractivity contribution is 5.66. The second-order valence-corrected chi connectivity index (χ2v) is 4.79. The Morgan fingerprint density at radius 2 is 2.00 bits per heavy atom. The number of carboxylic acids is 1. The van der Waals surface area contributed by atoms with Crippen LogP contribution in [0, 0.1) is 0 Å². The van der Waals surface area contributed by atoms with Crippen LogP contribution in [-0.2, 0) is 17.6 Å². The van der Waals surface area contributed by atoms with Gasteiger partial charge in [-0.05, 0) is 42.5 Å². The van der Waals surface area contributed by atoms with E-state index in [0.717, 1.165) is 12.8 Å². The van der Waals surface area contributed by atoms with Gasteiger partial charge in [0.2, 0.25) is 0 Å². The molecule has 0 saturated heterocycles. The lowest BCUT2D eigenvalue weighted by Gasteiger charge is -2.12. The minimum absolute atomic E-state index is 0.109. The number of nitrogens with two attached hydrogens (primary N) is 1. The molecular formula is C14H19NO4. The number of benzene rings is 1. The first-order valence-corrected chi connectivity index (χ1v) is 6.40. The van der Waals surface area contributed by atoms with Crippen molar-refractivity contribution in [1.82, 2.24) is 0 Å². The van der Waals surface area contributed by atoms with Gasteiger partial charge in [-0.25, -0.2) is 0 Å². The van der Waals surface area contributed by atoms with Gasteiger partial charge >= 0.3 is 5.97 Å². The van der Waals surface area contributed by atoms with Crippen molar-refractivity contribution in [2.24, 2.45) is 5.73 Å². The summed E-state index contributed by atoms with van der Waals surface area (Å²) in [5.41, 5.74) is 8.34. The molecule has 1 aliphatic carbocycles. The summed E-state index contributed by atoms with van der Waals surface area (Å²) < 4.78 is 10.9. The number of methoxy groups -OCH3 is 1. The first-order chi connectivity index (χ1) is 9.10. The predicted molar refractivity (Wildman–Crippen MR) is 70.7 cm³/mol. The Morgan fingerprint density at radius 1 is 1.37 bits per heavy atom. The van der Waals surface area contributed by atoms with Crippen molar-refractivity contribution in [3.63, 3.8) is 0 Å². The van der Waals surface area contributed by atoms with Crippen molar-refractivity contribution in [1.29, 1.82) is 0 Å². The Labute approximate surface area is 112 Å². The SMILES string of the molecule is COc1cc2c(cc1OCCCC(=O)O)CC(N)C2. The van der Waals surface area contributed by atoms with Crippen molar-refractivity contribution in [3.8, 4) is 11.5 Å². The molecular weight excluding hydrogens is 246 g/mol. The Kier molecular flexibility index (Phi) is 4.27. The van der Waals surface area contributed by atoms with Gasteiger partial charge in [0.05, 0.1) is 13.7 Å². The Bertz CT molecular complexity index is 473. The van der Waals surface area contributed by atoms with E-state index in [1.165, 1.54) is 11.1 Å². The number of carboxylic acid groups (broad SMARTS) is 1. The molecule has 0 fully saturated rings. The van der Waals surface area contributed by atoms with E-state index < -0.39 is 5.97 Å². The second kappa shape index (κ2) is 5.93. The lowest BCUT2D eigenvalue weighted by molar-refractivity contribution is -0.137. The highest BCUT2D eigenvalue weighted by Crippen LogP contribution is 2.34. The van der Waals surface area contributed by atoms with Gasteiger partial charge in [-0.1, -0.05) is 0 Å². The van der Waals surface area contributed by atoms with E-state index in [1.54, 1.807) is 7.11 Å². The third kappa shape index (κ3) is 3.38. The fourth-order valence-corrected chi connectivity index (χ4v) is 2.34. The van der Waals surface area contributed by atoms with Crippen LogP contribution >= 0.6 is 0 Å². The summed E-state index contributed by atoms with van der Waals surface area (Å²) in [6.07, 6.45) is 2.31. The van der Waals surface area contributed by atoms with E-state index in [4.69, 9.17) is 20.3 Å². The van der Waals surface area contributed by atoms with Gasteiger partial charge in [0.1, 0.15) is 0 Å². The molecule has 0 amide bonds. The van der Waals surface area contributed by atoms with Gasteiger partial charge in [-0.3, -0.25) is 4.79 Å². The molecule has 0 heterocycles. The normalized spacial score (nSPS) is 17.1. The first-order valence-electron chi connectivity index (χ1n) is 6.40. The third-order valence-corrected chi connectivity index (χ3v) is 3.24. The van der Waals surface area contributed by atoms with Crippen molar-refractivity contribution in [2.75, 3.05) is 13.7 Å². The molecule has 0 saturated carbocycles. The van der Waals surface area contributed by atoms with Gasteiger partial charge in [-0.15, -0.1) is 0 Å². The van der Waals surface area contributed by atoms with E-state index in [-0.39, 0.29) is 12.5 Å². The smallest absolute Gasteiger partial charge is 0.303 e. The van der Waals surface area contributed by atoms with Crippen LogP contribution in [0.3, 0.4) is 0 Å². The van der Waals surface area contributed by atoms with Crippen LogP contribution in [0.1, 0.15) is 24.0 Å². The van der Waals surface area contributed by atoms with Crippen LogP contribution < -0.4 is 15.2 Å². The fraction of sp³-hybridized carbons (Fsp3) is 0.500. The number of hydrogen-bond acceptors (Lipinski definition) is 4. The standard InChI is InChI=1S/C14H19NO4/c1-18-12-7-9-5-11(15)6-10(9)8-13(12)19-4-2-3-14(16)17/h7-8,11H,2-6,15H2,1H3,(H,16,17). The molecule has 0 aromatic heterocycles. The molecule has 1 aromatic carbocycles. The monoisotopic (exact) mass is 265 g/mol. The maximum absolute atomic E-state index is 10.4. The van der Waals surface area contributed by atoms with Crippen molar-refractivity contribution in [3.05, 3.63) is 23.3 Å². The summed E-state index contributed by atoms with van der Waals surface area (Å²) in [7, 11) is 1.60. The molecule has 0 aliphatic heterocycles. The van der Waals surface area contributed by atoms with Crippen LogP contribution in [0.25, 0.3) is 0 Å². The minimum Gasteiger partial charge on any atom is -0.493 e. The van der Waals surface area contributed by atoms with Crippen molar-refractivity contribution >= 4 is 5.97 Å². The van der Waals surface area contributed by atoms with Gasteiger partial charge in [0.15, 0.2) is 11.5 Å². The molecule has 1 aliphatic rings. The maximum atomic E-state index is 10.4. The van der Waals surface area contributed by atoms with Crippen molar-refractivity contribution < 1.29 is 19.4 Å². The topological polar surface area (TPSA) is 81.8 Å². The lowest BCUT2D eigenvalue weighted by atomic mass is 10.1. The molecule has 5 heteroatoms. The highest BCUT2D eigenvalue weighted by atomic mass is 16.5. The lowest BCUT2D eigenvalue weighted by Crippen LogP contribution is -2.18. The first kappa shape index (κ1) is 13.7. The fourth-order valence-electron chi connectivity index (χ4n) is 2.34. The Balaban J connectivity index is 2.03. The number of rotatable bonds is 6. The molecule has 3 N–H and O–H groups in total. The summed E-state index contributed by atoms with van der Waals surface area (Å²) in [5.74, 6) is 0.541. The zero-order valence-corrected chi connectivity index (χ0v) is 11.0. The van der Waals surface area contributed by atoms with E-state index in [0.29, 0.717) is 24.5 Å². The third-order valence-electron chi connectivity index (χ3n) is 3.24. The van der Waals surface area contributed by atoms with E-state index in [1.807, 2.05) is 12.1 Å². The van der Waals surface area contributed by atoms with Crippen LogP contribution in [0.2, 0.25) is 0 Å². The molecule has 0 spiro atoms. The molecule has 0 radical (unpaired) electrons. The predicted octanol–water partition coefficient (Wildman–Crippen LogP) is 1.36. The summed E-state index contributed by atoms with van der Waals surface area (Å²) in [6.45, 7) is 0.369. The zero-order chi connectivity index (χ0) is 13.8. The number of carbonyl (C=O) groups is 1. The molecule has 0 bridgehead atoms. The summed E-state index contributed by atoms with van der Waals surface area (Å²) in [4.78, 5) is 10.4. The van der Waals surface area contributed by atoms with Gasteiger partial charge < -0.3 is 20.3 Å². The van der Waals surface area contributed by atoms with E-state index in [2.05, 4.69) is 0 Å². The maximum Gasteiger partial charge on any atom is 0.303 e. The number of aliphatic carboxylic acids is 1. The summed E-state index contributed by atoms with van der Waals surface area (Å²) >= 11 is 0. The summed E-state index contributed by atoms with van der Waals surface area (Å²) in [5, 5.41) is 8.57. The molecule has 1 aromatic rings. The minimum atomic E-state index is -0.810. The number of hydrogen-bond donors (Lipinski definition) is 2. The number of fused-ring (bicyclic) bond motifs is 1. The highest BCUT2D eigenvalue weighted by Gasteiger charge is 2.21.